The molecule has 0 amide bonds. The van der Waals surface area contributed by atoms with Crippen LogP contribution in [0.25, 0.3) is 10.9 Å². The van der Waals surface area contributed by atoms with Gasteiger partial charge >= 0.3 is 0 Å². The van der Waals surface area contributed by atoms with Gasteiger partial charge in [-0.05, 0) is 41.0 Å². The number of phenols is 1. The Labute approximate surface area is 128 Å². The lowest BCUT2D eigenvalue weighted by Gasteiger charge is -2.29. The van der Waals surface area contributed by atoms with Crippen LogP contribution in [-0.2, 0) is 19.6 Å². The van der Waals surface area contributed by atoms with E-state index in [1.165, 1.54) is 16.7 Å². The first-order valence-corrected chi connectivity index (χ1v) is 7.36. The summed E-state index contributed by atoms with van der Waals surface area (Å²) in [6.45, 7) is 2.60. The molecule has 0 aliphatic carbocycles. The van der Waals surface area contributed by atoms with Gasteiger partial charge in [-0.15, -0.1) is 0 Å². The van der Waals surface area contributed by atoms with Crippen LogP contribution in [0.2, 0.25) is 0 Å². The molecule has 0 spiro atoms. The highest BCUT2D eigenvalue weighted by atomic mass is 16.3. The van der Waals surface area contributed by atoms with Gasteiger partial charge in [-0.1, -0.05) is 18.2 Å². The Kier molecular flexibility index (Phi) is 2.98. The second-order valence-corrected chi connectivity index (χ2v) is 5.82. The molecule has 1 aliphatic heterocycles. The fourth-order valence-corrected chi connectivity index (χ4v) is 3.19. The summed E-state index contributed by atoms with van der Waals surface area (Å²) in [4.78, 5) is 6.71. The molecule has 0 unspecified atom stereocenters. The zero-order chi connectivity index (χ0) is 15.1. The molecule has 2 heterocycles. The molecule has 2 aromatic carbocycles. The highest BCUT2D eigenvalue weighted by Gasteiger charge is 2.20. The maximum Gasteiger partial charge on any atom is 0.141 e. The molecule has 0 bridgehead atoms. The third-order valence-corrected chi connectivity index (χ3v) is 4.22. The van der Waals surface area contributed by atoms with Gasteiger partial charge in [0.05, 0.1) is 0 Å². The van der Waals surface area contributed by atoms with Gasteiger partial charge in [0.15, 0.2) is 0 Å². The number of benzene rings is 2. The molecule has 110 valence electrons. The number of anilines is 1. The molecule has 4 heteroatoms. The molecule has 3 N–H and O–H groups in total. The van der Waals surface area contributed by atoms with E-state index in [1.807, 2.05) is 24.3 Å². The minimum absolute atomic E-state index is 0.257. The molecular weight excluding hydrogens is 274 g/mol. The largest absolute Gasteiger partial charge is 0.506 e. The molecule has 0 saturated carbocycles. The number of pyridine rings is 1. The molecule has 0 radical (unpaired) electrons. The molecule has 4 rings (SSSR count). The second kappa shape index (κ2) is 5.00. The fraction of sp³-hybridized carbons (Fsp3) is 0.167. The van der Waals surface area contributed by atoms with E-state index >= 15 is 0 Å². The van der Waals surface area contributed by atoms with Crippen LogP contribution in [0, 0.1) is 0 Å². The van der Waals surface area contributed by atoms with E-state index in [0.717, 1.165) is 30.7 Å². The minimum Gasteiger partial charge on any atom is -0.506 e. The third-order valence-electron chi connectivity index (χ3n) is 4.22. The summed E-state index contributed by atoms with van der Waals surface area (Å²) in [5, 5.41) is 11.1. The number of aromatic hydroxyl groups is 1. The Morgan fingerprint density at radius 1 is 1.00 bits per heavy atom. The van der Waals surface area contributed by atoms with Crippen molar-refractivity contribution in [3.8, 4) is 5.75 Å². The summed E-state index contributed by atoms with van der Waals surface area (Å²) in [7, 11) is 0. The summed E-state index contributed by atoms with van der Waals surface area (Å²) in [6.07, 6.45) is 1.77. The van der Waals surface area contributed by atoms with E-state index in [4.69, 9.17) is 5.73 Å². The van der Waals surface area contributed by atoms with E-state index in [0.29, 0.717) is 5.52 Å². The van der Waals surface area contributed by atoms with Crippen LogP contribution >= 0.6 is 0 Å². The number of nitrogens with zero attached hydrogens (tertiary/aromatic N) is 2. The Hall–Kier alpha value is -2.59. The van der Waals surface area contributed by atoms with Crippen LogP contribution in [0.1, 0.15) is 16.7 Å². The zero-order valence-electron chi connectivity index (χ0n) is 12.2. The van der Waals surface area contributed by atoms with Crippen LogP contribution in [0.5, 0.6) is 5.75 Å². The molecule has 3 aromatic rings. The van der Waals surface area contributed by atoms with Crippen molar-refractivity contribution in [1.29, 1.82) is 0 Å². The third kappa shape index (κ3) is 2.18. The van der Waals surface area contributed by atoms with Gasteiger partial charge in [-0.3, -0.25) is 9.88 Å². The van der Waals surface area contributed by atoms with Crippen molar-refractivity contribution < 1.29 is 5.11 Å². The van der Waals surface area contributed by atoms with Gasteiger partial charge in [0.25, 0.3) is 0 Å². The number of nitrogens with two attached hydrogens (primary N) is 1. The molecule has 1 aromatic heterocycles. The highest BCUT2D eigenvalue weighted by molar-refractivity contribution is 5.90. The molecule has 4 nitrogen and oxygen atoms in total. The van der Waals surface area contributed by atoms with Gasteiger partial charge in [-0.2, -0.15) is 0 Å². The molecule has 1 aliphatic rings. The number of hydrogen-bond donors (Lipinski definition) is 2. The van der Waals surface area contributed by atoms with E-state index in [9.17, 15) is 5.11 Å². The quantitative estimate of drug-likeness (QED) is 0.712. The van der Waals surface area contributed by atoms with Gasteiger partial charge in [0.1, 0.15) is 11.3 Å². The van der Waals surface area contributed by atoms with E-state index < -0.39 is 0 Å². The van der Waals surface area contributed by atoms with Crippen molar-refractivity contribution in [2.75, 3.05) is 5.73 Å². The first-order valence-electron chi connectivity index (χ1n) is 7.36. The SMILES string of the molecule is Nc1ccc(CN2Cc3ccnc4c(O)ccc(c34)C2)cc1. The highest BCUT2D eigenvalue weighted by Crippen LogP contribution is 2.33. The normalized spacial score (nSPS) is 14.4. The summed E-state index contributed by atoms with van der Waals surface area (Å²) < 4.78 is 0. The number of aromatic nitrogens is 1. The summed E-state index contributed by atoms with van der Waals surface area (Å²) in [5.41, 5.74) is 10.9. The average Bonchev–Trinajstić information content (AvgIpc) is 2.53. The second-order valence-electron chi connectivity index (χ2n) is 5.82. The molecular formula is C18H17N3O. The Bertz CT molecular complexity index is 831. The number of nitrogen functional groups attached to an aromatic ring is 1. The minimum atomic E-state index is 0.257. The van der Waals surface area contributed by atoms with Gasteiger partial charge < -0.3 is 10.8 Å². The van der Waals surface area contributed by atoms with Crippen LogP contribution in [-0.4, -0.2) is 15.0 Å². The first-order chi connectivity index (χ1) is 10.7. The predicted octanol–water partition coefficient (Wildman–Crippen LogP) is 3.04. The van der Waals surface area contributed by atoms with Crippen molar-refractivity contribution in [3.63, 3.8) is 0 Å². The smallest absolute Gasteiger partial charge is 0.141 e. The zero-order valence-corrected chi connectivity index (χ0v) is 12.2. The number of hydrogen-bond acceptors (Lipinski definition) is 4. The van der Waals surface area contributed by atoms with Crippen LogP contribution in [0.4, 0.5) is 5.69 Å². The van der Waals surface area contributed by atoms with Crippen molar-refractivity contribution in [2.24, 2.45) is 0 Å². The Balaban J connectivity index is 1.68. The standard InChI is InChI=1S/C18H17N3O/c19-15-4-1-12(2-5-15)9-21-10-13-3-6-16(22)18-17(13)14(11-21)7-8-20-18/h1-8,22H,9-11,19H2. The van der Waals surface area contributed by atoms with E-state index in [1.54, 1.807) is 12.3 Å². The van der Waals surface area contributed by atoms with Gasteiger partial charge in [-0.25, -0.2) is 0 Å². The summed E-state index contributed by atoms with van der Waals surface area (Å²) in [6, 6.07) is 13.8. The maximum absolute atomic E-state index is 9.98. The average molecular weight is 291 g/mol. The van der Waals surface area contributed by atoms with Crippen molar-refractivity contribution in [3.05, 3.63) is 65.4 Å². The lowest BCUT2D eigenvalue weighted by Crippen LogP contribution is -2.26. The molecule has 0 fully saturated rings. The lowest BCUT2D eigenvalue weighted by atomic mass is 9.97. The topological polar surface area (TPSA) is 62.4 Å². The van der Waals surface area contributed by atoms with Crippen LogP contribution in [0.3, 0.4) is 0 Å². The summed E-state index contributed by atoms with van der Waals surface area (Å²) >= 11 is 0. The molecule has 22 heavy (non-hydrogen) atoms. The molecule has 0 saturated heterocycles. The maximum atomic E-state index is 9.98. The van der Waals surface area contributed by atoms with E-state index in [2.05, 4.69) is 22.0 Å². The summed E-state index contributed by atoms with van der Waals surface area (Å²) in [5.74, 6) is 0.257. The Morgan fingerprint density at radius 2 is 1.73 bits per heavy atom. The van der Waals surface area contributed by atoms with Gasteiger partial charge in [0, 0.05) is 36.9 Å². The monoisotopic (exact) mass is 291 g/mol. The van der Waals surface area contributed by atoms with Crippen molar-refractivity contribution >= 4 is 16.6 Å². The van der Waals surface area contributed by atoms with Crippen molar-refractivity contribution in [2.45, 2.75) is 19.6 Å². The molecule has 0 atom stereocenters. The van der Waals surface area contributed by atoms with Gasteiger partial charge in [0.2, 0.25) is 0 Å². The number of phenolic OH excluding ortho intramolecular Hbond substituents is 1. The van der Waals surface area contributed by atoms with E-state index in [-0.39, 0.29) is 5.75 Å². The van der Waals surface area contributed by atoms with Crippen LogP contribution < -0.4 is 5.73 Å². The van der Waals surface area contributed by atoms with Crippen molar-refractivity contribution in [1.82, 2.24) is 9.88 Å². The fourth-order valence-electron chi connectivity index (χ4n) is 3.19. The lowest BCUT2D eigenvalue weighted by molar-refractivity contribution is 0.243. The Morgan fingerprint density at radius 3 is 2.50 bits per heavy atom. The predicted molar refractivity (Wildman–Crippen MR) is 87.2 cm³/mol. The number of rotatable bonds is 2. The first kappa shape index (κ1) is 13.1. The van der Waals surface area contributed by atoms with Crippen LogP contribution in [0.15, 0.2) is 48.7 Å².